The molecule has 1 aromatic heterocycles. The number of ketones is 1. The lowest BCUT2D eigenvalue weighted by molar-refractivity contribution is 0.0968. The van der Waals surface area contributed by atoms with E-state index in [9.17, 15) is 4.79 Å². The number of ether oxygens (including phenoxy) is 1. The van der Waals surface area contributed by atoms with Gasteiger partial charge in [0.25, 0.3) is 0 Å². The number of thiophene rings is 1. The molecule has 1 unspecified atom stereocenters. The Balaban J connectivity index is 1.61. The molecular weight excluding hydrogens is 376 g/mol. The highest BCUT2D eigenvalue weighted by atomic mass is 32.2. The van der Waals surface area contributed by atoms with Crippen LogP contribution in [0.2, 0.25) is 0 Å². The first-order chi connectivity index (χ1) is 14.0. The third-order valence-electron chi connectivity index (χ3n) is 6.09. The van der Waals surface area contributed by atoms with Crippen molar-refractivity contribution in [2.45, 2.75) is 45.1 Å². The van der Waals surface area contributed by atoms with Crippen LogP contribution in [0.15, 0.2) is 66.7 Å². The fourth-order valence-electron chi connectivity index (χ4n) is 4.53. The molecular formula is C26H25O2S+. The molecule has 146 valence electrons. The average molecular weight is 402 g/mol. The smallest absolute Gasteiger partial charge is 0.187 e. The third kappa shape index (κ3) is 3.24. The molecule has 0 bridgehead atoms. The molecule has 0 aliphatic heterocycles. The second-order valence-electron chi connectivity index (χ2n) is 8.30. The van der Waals surface area contributed by atoms with Crippen molar-refractivity contribution < 1.29 is 9.53 Å². The molecule has 3 heteroatoms. The summed E-state index contributed by atoms with van der Waals surface area (Å²) < 4.78 is 8.96. The van der Waals surface area contributed by atoms with Gasteiger partial charge in [0.05, 0.1) is 0 Å². The van der Waals surface area contributed by atoms with Crippen LogP contribution in [0.3, 0.4) is 0 Å². The second kappa shape index (κ2) is 7.00. The number of Topliss-reactive ketones (excluding diaryl/α,β-unsaturated/α-hetero) is 1. The minimum absolute atomic E-state index is 0.0144. The predicted molar refractivity (Wildman–Crippen MR) is 123 cm³/mol. The Morgan fingerprint density at radius 3 is 2.31 bits per heavy atom. The van der Waals surface area contributed by atoms with Gasteiger partial charge in [-0.2, -0.15) is 0 Å². The maximum absolute atomic E-state index is 11.9. The van der Waals surface area contributed by atoms with E-state index in [1.165, 1.54) is 37.9 Å². The largest absolute Gasteiger partial charge is 0.488 e. The van der Waals surface area contributed by atoms with Crippen molar-refractivity contribution in [1.29, 1.82) is 0 Å². The minimum atomic E-state index is -0.152. The molecule has 0 amide bonds. The molecule has 1 heterocycles. The van der Waals surface area contributed by atoms with Gasteiger partial charge >= 0.3 is 0 Å². The summed E-state index contributed by atoms with van der Waals surface area (Å²) in [6, 6.07) is 23.4. The Labute approximate surface area is 174 Å². The number of benzene rings is 3. The van der Waals surface area contributed by atoms with Crippen LogP contribution in [-0.4, -0.2) is 11.4 Å². The van der Waals surface area contributed by atoms with Crippen molar-refractivity contribution in [2.24, 2.45) is 0 Å². The van der Waals surface area contributed by atoms with Gasteiger partial charge in [-0.1, -0.05) is 12.1 Å². The van der Waals surface area contributed by atoms with Gasteiger partial charge in [0, 0.05) is 38.9 Å². The standard InChI is InChI=1S/C26H25O2S/c1-18(27)19-9-14-25-23(17-19)22-7-3-4-8-24(22)29(25)21-12-10-20(11-13-21)28-26(2)15-5-6-16-26/h3-4,7-14,17H,5-6,15-16H2,1-2H3/q+1. The van der Waals surface area contributed by atoms with Crippen molar-refractivity contribution in [1.82, 2.24) is 0 Å². The van der Waals surface area contributed by atoms with Crippen LogP contribution in [0.25, 0.3) is 25.1 Å². The number of hydrogen-bond acceptors (Lipinski definition) is 2. The van der Waals surface area contributed by atoms with Crippen LogP contribution < -0.4 is 4.74 Å². The fourth-order valence-corrected chi connectivity index (χ4v) is 6.89. The van der Waals surface area contributed by atoms with Gasteiger partial charge < -0.3 is 4.74 Å². The van der Waals surface area contributed by atoms with E-state index >= 15 is 0 Å². The van der Waals surface area contributed by atoms with Crippen molar-refractivity contribution in [3.63, 3.8) is 0 Å². The molecule has 1 aliphatic rings. The molecule has 1 aliphatic carbocycles. The lowest BCUT2D eigenvalue weighted by Crippen LogP contribution is -2.27. The van der Waals surface area contributed by atoms with Crippen molar-refractivity contribution in [3.05, 3.63) is 72.3 Å². The zero-order chi connectivity index (χ0) is 20.0. The predicted octanol–water partition coefficient (Wildman–Crippen LogP) is 7.65. The summed E-state index contributed by atoms with van der Waals surface area (Å²) in [5.74, 6) is 1.07. The molecule has 0 N–H and O–H groups in total. The molecule has 4 aromatic rings. The molecule has 1 fully saturated rings. The van der Waals surface area contributed by atoms with Crippen LogP contribution in [0, 0.1) is 0 Å². The highest BCUT2D eigenvalue weighted by Crippen LogP contribution is 2.49. The Hall–Kier alpha value is -2.65. The fraction of sp³-hybridized carbons (Fsp3) is 0.269. The van der Waals surface area contributed by atoms with Gasteiger partial charge in [0.15, 0.2) is 20.1 Å². The number of rotatable bonds is 4. The van der Waals surface area contributed by atoms with E-state index in [1.54, 1.807) is 6.92 Å². The lowest BCUT2D eigenvalue weighted by atomic mass is 10.1. The van der Waals surface area contributed by atoms with E-state index in [1.807, 2.05) is 6.07 Å². The monoisotopic (exact) mass is 401 g/mol. The summed E-state index contributed by atoms with van der Waals surface area (Å²) in [5, 5.41) is 2.43. The van der Waals surface area contributed by atoms with Crippen LogP contribution in [0.1, 0.15) is 49.9 Å². The maximum atomic E-state index is 11.9. The Kier molecular flexibility index (Phi) is 4.44. The number of hydrogen-bond donors (Lipinski definition) is 0. The zero-order valence-corrected chi connectivity index (χ0v) is 17.7. The molecule has 5 rings (SSSR count). The van der Waals surface area contributed by atoms with Crippen molar-refractivity contribution in [3.8, 4) is 10.6 Å². The Morgan fingerprint density at radius 2 is 1.59 bits per heavy atom. The van der Waals surface area contributed by atoms with E-state index in [2.05, 4.69) is 67.6 Å². The lowest BCUT2D eigenvalue weighted by Gasteiger charge is -2.25. The van der Waals surface area contributed by atoms with Gasteiger partial charge in [-0.15, -0.1) is 0 Å². The molecule has 0 saturated heterocycles. The van der Waals surface area contributed by atoms with E-state index in [0.717, 1.165) is 24.2 Å². The van der Waals surface area contributed by atoms with Gasteiger partial charge in [-0.25, -0.2) is 0 Å². The number of carbonyl (C=O) groups is 1. The van der Waals surface area contributed by atoms with Gasteiger partial charge in [0.1, 0.15) is 11.4 Å². The van der Waals surface area contributed by atoms with E-state index in [-0.39, 0.29) is 21.9 Å². The molecule has 0 radical (unpaired) electrons. The average Bonchev–Trinajstić information content (AvgIpc) is 3.29. The Bertz CT molecular complexity index is 1210. The first-order valence-corrected chi connectivity index (χ1v) is 11.5. The minimum Gasteiger partial charge on any atom is -0.488 e. The van der Waals surface area contributed by atoms with Crippen LogP contribution in [-0.2, 0) is 0 Å². The van der Waals surface area contributed by atoms with E-state index in [0.29, 0.717) is 0 Å². The van der Waals surface area contributed by atoms with Gasteiger partial charge in [0.2, 0.25) is 0 Å². The second-order valence-corrected chi connectivity index (χ2v) is 10.3. The maximum Gasteiger partial charge on any atom is 0.187 e. The highest BCUT2D eigenvalue weighted by Gasteiger charge is 2.31. The summed E-state index contributed by atoms with van der Waals surface area (Å²) in [6.07, 6.45) is 4.79. The summed E-state index contributed by atoms with van der Waals surface area (Å²) >= 11 is 0. The summed E-state index contributed by atoms with van der Waals surface area (Å²) in [4.78, 5) is 13.2. The summed E-state index contributed by atoms with van der Waals surface area (Å²) in [6.45, 7) is 3.86. The quantitative estimate of drug-likeness (QED) is 0.259. The SMILES string of the molecule is CC(=O)c1ccc2c(c1)c1ccccc1[s+]2-c1ccc(OC2(C)CCCC2)cc1. The molecule has 1 saturated carbocycles. The van der Waals surface area contributed by atoms with Crippen LogP contribution in [0.4, 0.5) is 0 Å². The molecule has 0 spiro atoms. The number of fused-ring (bicyclic) bond motifs is 3. The van der Waals surface area contributed by atoms with Gasteiger partial charge in [-0.05, 0) is 82.0 Å². The third-order valence-corrected chi connectivity index (χ3v) is 8.42. The molecule has 29 heavy (non-hydrogen) atoms. The first-order valence-electron chi connectivity index (χ1n) is 10.3. The van der Waals surface area contributed by atoms with Crippen LogP contribution in [0.5, 0.6) is 5.75 Å². The van der Waals surface area contributed by atoms with Gasteiger partial charge in [-0.3, -0.25) is 4.79 Å². The van der Waals surface area contributed by atoms with E-state index in [4.69, 9.17) is 4.74 Å². The molecule has 3 aromatic carbocycles. The molecule has 2 nitrogen and oxygen atoms in total. The number of carbonyl (C=O) groups excluding carboxylic acids is 1. The van der Waals surface area contributed by atoms with Crippen molar-refractivity contribution >= 4 is 36.4 Å². The summed E-state index contributed by atoms with van der Waals surface area (Å²) in [5.41, 5.74) is 0.761. The highest BCUT2D eigenvalue weighted by molar-refractivity contribution is 7.50. The molecule has 1 atom stereocenters. The Morgan fingerprint density at radius 1 is 0.897 bits per heavy atom. The van der Waals surface area contributed by atoms with Crippen LogP contribution >= 0.6 is 10.5 Å². The van der Waals surface area contributed by atoms with E-state index < -0.39 is 0 Å². The normalized spacial score (nSPS) is 16.4. The zero-order valence-electron chi connectivity index (χ0n) is 16.9. The van der Waals surface area contributed by atoms with Crippen molar-refractivity contribution in [2.75, 3.05) is 0 Å². The topological polar surface area (TPSA) is 26.3 Å². The summed E-state index contributed by atoms with van der Waals surface area (Å²) in [7, 11) is -0.152. The first kappa shape index (κ1) is 18.4.